The second-order valence-corrected chi connectivity index (χ2v) is 6.67. The van der Waals surface area contributed by atoms with E-state index in [1.54, 1.807) is 18.2 Å². The predicted molar refractivity (Wildman–Crippen MR) is 103 cm³/mol. The molecule has 1 amide bonds. The quantitative estimate of drug-likeness (QED) is 0.765. The molecule has 0 saturated carbocycles. The summed E-state index contributed by atoms with van der Waals surface area (Å²) in [5.41, 5.74) is 4.05. The average molecular weight is 355 g/mol. The molecule has 0 fully saturated rings. The summed E-state index contributed by atoms with van der Waals surface area (Å²) >= 11 is 6.00. The molecule has 25 heavy (non-hydrogen) atoms. The van der Waals surface area contributed by atoms with Crippen molar-refractivity contribution in [1.29, 1.82) is 0 Å². The fourth-order valence-electron chi connectivity index (χ4n) is 3.01. The molecule has 0 saturated heterocycles. The number of halogens is 1. The largest absolute Gasteiger partial charge is 0.324 e. The highest BCUT2D eigenvalue weighted by molar-refractivity contribution is 6.31. The van der Waals surface area contributed by atoms with Crippen molar-refractivity contribution in [2.24, 2.45) is 0 Å². The molecule has 4 nitrogen and oxygen atoms in total. The molecule has 0 radical (unpaired) electrons. The Balaban J connectivity index is 1.99. The number of para-hydroxylation sites is 1. The van der Waals surface area contributed by atoms with E-state index >= 15 is 0 Å². The van der Waals surface area contributed by atoms with Crippen molar-refractivity contribution in [2.75, 3.05) is 5.32 Å². The van der Waals surface area contributed by atoms with Gasteiger partial charge < -0.3 is 5.32 Å². The summed E-state index contributed by atoms with van der Waals surface area (Å²) in [6, 6.07) is 12.7. The summed E-state index contributed by atoms with van der Waals surface area (Å²) in [5, 5.41) is 4.37. The summed E-state index contributed by atoms with van der Waals surface area (Å²) < 4.78 is 1.52. The number of nitrogens with one attached hydrogen (secondary N) is 1. The Kier molecular flexibility index (Phi) is 4.64. The smallest absolute Gasteiger partial charge is 0.251 e. The molecule has 0 aliphatic heterocycles. The Morgan fingerprint density at radius 1 is 1.04 bits per heavy atom. The number of aryl methyl sites for hydroxylation is 3. The lowest BCUT2D eigenvalue weighted by molar-refractivity contribution is -0.116. The average Bonchev–Trinajstić information content (AvgIpc) is 2.55. The van der Waals surface area contributed by atoms with Crippen LogP contribution in [0.15, 0.2) is 47.3 Å². The number of amides is 1. The van der Waals surface area contributed by atoms with Gasteiger partial charge in [-0.2, -0.15) is 0 Å². The second-order valence-electron chi connectivity index (χ2n) is 6.23. The minimum Gasteiger partial charge on any atom is -0.324 e. The van der Waals surface area contributed by atoms with E-state index in [2.05, 4.69) is 5.32 Å². The lowest BCUT2D eigenvalue weighted by atomic mass is 10.1. The first-order valence-corrected chi connectivity index (χ1v) is 8.40. The molecule has 2 aromatic carbocycles. The number of pyridine rings is 1. The van der Waals surface area contributed by atoms with Crippen molar-refractivity contribution < 1.29 is 4.79 Å². The van der Waals surface area contributed by atoms with Crippen LogP contribution >= 0.6 is 11.6 Å². The number of hydrogen-bond acceptors (Lipinski definition) is 2. The van der Waals surface area contributed by atoms with Gasteiger partial charge in [0.1, 0.15) is 6.54 Å². The number of benzene rings is 2. The molecule has 0 spiro atoms. The van der Waals surface area contributed by atoms with Crippen LogP contribution in [0.25, 0.3) is 10.9 Å². The van der Waals surface area contributed by atoms with Crippen LogP contribution in [0.5, 0.6) is 0 Å². The van der Waals surface area contributed by atoms with Gasteiger partial charge in [0.15, 0.2) is 0 Å². The van der Waals surface area contributed by atoms with Crippen LogP contribution in [-0.2, 0) is 11.3 Å². The fourth-order valence-corrected chi connectivity index (χ4v) is 3.18. The molecule has 1 heterocycles. The number of nitrogens with zero attached hydrogens (tertiary/aromatic N) is 1. The van der Waals surface area contributed by atoms with E-state index in [0.29, 0.717) is 10.7 Å². The van der Waals surface area contributed by atoms with E-state index in [1.165, 1.54) is 4.57 Å². The predicted octanol–water partition coefficient (Wildman–Crippen LogP) is 4.22. The molecule has 1 N–H and O–H groups in total. The molecule has 0 aliphatic rings. The van der Waals surface area contributed by atoms with E-state index in [1.807, 2.05) is 45.0 Å². The number of carbonyl (C=O) groups is 1. The molecule has 3 aromatic rings. The van der Waals surface area contributed by atoms with Crippen molar-refractivity contribution in [3.05, 3.63) is 74.5 Å². The van der Waals surface area contributed by atoms with Gasteiger partial charge >= 0.3 is 0 Å². The summed E-state index contributed by atoms with van der Waals surface area (Å²) in [5.74, 6) is -0.263. The summed E-state index contributed by atoms with van der Waals surface area (Å²) in [6.45, 7) is 5.69. The highest BCUT2D eigenvalue weighted by Gasteiger charge is 2.13. The SMILES string of the molecule is Cc1ccc(Cl)cc1NC(=O)Cn1c(=O)cc(C)c2cccc(C)c21. The van der Waals surface area contributed by atoms with Gasteiger partial charge in [0, 0.05) is 22.2 Å². The van der Waals surface area contributed by atoms with E-state index < -0.39 is 0 Å². The zero-order valence-corrected chi connectivity index (χ0v) is 15.1. The standard InChI is InChI=1S/C20H19ClN2O2/c1-12-7-8-15(21)10-17(12)22-18(24)11-23-19(25)9-14(3)16-6-4-5-13(2)20(16)23/h4-10H,11H2,1-3H3,(H,22,24). The van der Waals surface area contributed by atoms with Gasteiger partial charge in [-0.05, 0) is 49.6 Å². The lowest BCUT2D eigenvalue weighted by Crippen LogP contribution is -2.28. The fraction of sp³-hybridized carbons (Fsp3) is 0.200. The van der Waals surface area contributed by atoms with Gasteiger partial charge in [-0.25, -0.2) is 0 Å². The first-order valence-electron chi connectivity index (χ1n) is 8.02. The minimum atomic E-state index is -0.263. The van der Waals surface area contributed by atoms with Gasteiger partial charge in [0.2, 0.25) is 5.91 Å². The van der Waals surface area contributed by atoms with Crippen LogP contribution in [0, 0.1) is 20.8 Å². The number of fused-ring (bicyclic) bond motifs is 1. The minimum absolute atomic E-state index is 0.0492. The maximum absolute atomic E-state index is 12.5. The zero-order valence-electron chi connectivity index (χ0n) is 14.4. The highest BCUT2D eigenvalue weighted by Crippen LogP contribution is 2.22. The molecule has 5 heteroatoms. The Bertz CT molecular complexity index is 1040. The number of rotatable bonds is 3. The lowest BCUT2D eigenvalue weighted by Gasteiger charge is -2.15. The van der Waals surface area contributed by atoms with Crippen LogP contribution in [0.4, 0.5) is 5.69 Å². The van der Waals surface area contributed by atoms with Crippen LogP contribution in [0.1, 0.15) is 16.7 Å². The van der Waals surface area contributed by atoms with Crippen LogP contribution in [0.2, 0.25) is 5.02 Å². The zero-order chi connectivity index (χ0) is 18.1. The van der Waals surface area contributed by atoms with Crippen LogP contribution in [-0.4, -0.2) is 10.5 Å². The van der Waals surface area contributed by atoms with Gasteiger partial charge in [-0.1, -0.05) is 35.9 Å². The van der Waals surface area contributed by atoms with Gasteiger partial charge in [0.25, 0.3) is 5.56 Å². The molecular formula is C20H19ClN2O2. The van der Waals surface area contributed by atoms with E-state index in [-0.39, 0.29) is 18.0 Å². The van der Waals surface area contributed by atoms with Gasteiger partial charge in [-0.15, -0.1) is 0 Å². The van der Waals surface area contributed by atoms with Crippen molar-refractivity contribution >= 4 is 34.1 Å². The first kappa shape index (κ1) is 17.2. The molecule has 1 aromatic heterocycles. The molecule has 128 valence electrons. The Morgan fingerprint density at radius 3 is 2.56 bits per heavy atom. The molecular weight excluding hydrogens is 336 g/mol. The Labute approximate surface area is 151 Å². The van der Waals surface area contributed by atoms with Crippen LogP contribution in [0.3, 0.4) is 0 Å². The number of hydrogen-bond donors (Lipinski definition) is 1. The highest BCUT2D eigenvalue weighted by atomic mass is 35.5. The Morgan fingerprint density at radius 2 is 1.80 bits per heavy atom. The van der Waals surface area contributed by atoms with Crippen molar-refractivity contribution in [3.8, 4) is 0 Å². The summed E-state index contributed by atoms with van der Waals surface area (Å²) in [6.07, 6.45) is 0. The maximum atomic E-state index is 12.5. The third kappa shape index (κ3) is 3.44. The monoisotopic (exact) mass is 354 g/mol. The number of aromatic nitrogens is 1. The summed E-state index contributed by atoms with van der Waals surface area (Å²) in [7, 11) is 0. The third-order valence-corrected chi connectivity index (χ3v) is 4.55. The van der Waals surface area contributed by atoms with Gasteiger partial charge in [0.05, 0.1) is 5.52 Å². The van der Waals surface area contributed by atoms with Crippen molar-refractivity contribution in [2.45, 2.75) is 27.3 Å². The maximum Gasteiger partial charge on any atom is 0.251 e. The first-order chi connectivity index (χ1) is 11.9. The summed E-state index contributed by atoms with van der Waals surface area (Å²) in [4.78, 5) is 25.0. The molecule has 3 rings (SSSR count). The van der Waals surface area contributed by atoms with E-state index in [9.17, 15) is 9.59 Å². The third-order valence-electron chi connectivity index (χ3n) is 4.31. The van der Waals surface area contributed by atoms with E-state index in [0.717, 1.165) is 27.6 Å². The molecule has 0 atom stereocenters. The van der Waals surface area contributed by atoms with E-state index in [4.69, 9.17) is 11.6 Å². The van der Waals surface area contributed by atoms with Gasteiger partial charge in [-0.3, -0.25) is 14.2 Å². The normalized spacial score (nSPS) is 10.9. The molecule has 0 aliphatic carbocycles. The molecule has 0 bridgehead atoms. The van der Waals surface area contributed by atoms with Crippen molar-refractivity contribution in [3.63, 3.8) is 0 Å². The van der Waals surface area contributed by atoms with Crippen LogP contribution < -0.4 is 10.9 Å². The number of carbonyl (C=O) groups excluding carboxylic acids is 1. The molecule has 0 unspecified atom stereocenters. The number of anilines is 1. The second kappa shape index (κ2) is 6.73. The Hall–Kier alpha value is -2.59. The van der Waals surface area contributed by atoms with Crippen molar-refractivity contribution in [1.82, 2.24) is 4.57 Å². The topological polar surface area (TPSA) is 51.1 Å².